The van der Waals surface area contributed by atoms with Gasteiger partial charge in [0.05, 0.1) is 6.61 Å². The molecule has 0 spiro atoms. The molecule has 0 aromatic heterocycles. The van der Waals surface area contributed by atoms with Crippen molar-refractivity contribution in [2.75, 3.05) is 13.2 Å². The molecule has 166 valence electrons. The van der Waals surface area contributed by atoms with Crippen LogP contribution >= 0.6 is 0 Å². The molecule has 0 atom stereocenters. The Morgan fingerprint density at radius 2 is 1.44 bits per heavy atom. The van der Waals surface area contributed by atoms with Gasteiger partial charge in [-0.05, 0) is 80.3 Å². The second kappa shape index (κ2) is 10.7. The van der Waals surface area contributed by atoms with Crippen molar-refractivity contribution in [2.24, 2.45) is 0 Å². The number of carbonyl (C=O) groups excluding carboxylic acids is 1. The molecule has 32 heavy (non-hydrogen) atoms. The average Bonchev–Trinajstić information content (AvgIpc) is 2.81. The Balaban J connectivity index is 1.54. The van der Waals surface area contributed by atoms with E-state index in [2.05, 4.69) is 49.4 Å². The number of esters is 1. The molecule has 0 saturated heterocycles. The minimum absolute atomic E-state index is 0.322. The van der Waals surface area contributed by atoms with E-state index >= 15 is 0 Å². The van der Waals surface area contributed by atoms with Gasteiger partial charge in [-0.1, -0.05) is 54.6 Å². The van der Waals surface area contributed by atoms with Gasteiger partial charge in [0.1, 0.15) is 18.1 Å². The fourth-order valence-corrected chi connectivity index (χ4v) is 3.18. The minimum Gasteiger partial charge on any atom is -0.490 e. The zero-order chi connectivity index (χ0) is 23.0. The fourth-order valence-electron chi connectivity index (χ4n) is 3.18. The molecule has 0 saturated carbocycles. The van der Waals surface area contributed by atoms with Crippen LogP contribution in [0.1, 0.15) is 33.3 Å². The van der Waals surface area contributed by atoms with Crippen LogP contribution in [0.2, 0.25) is 0 Å². The Bertz CT molecular complexity index is 1030. The van der Waals surface area contributed by atoms with Crippen LogP contribution in [0, 0.1) is 0 Å². The van der Waals surface area contributed by atoms with Gasteiger partial charge in [-0.2, -0.15) is 0 Å². The van der Waals surface area contributed by atoms with Crippen molar-refractivity contribution in [1.82, 2.24) is 0 Å². The van der Waals surface area contributed by atoms with E-state index in [1.807, 2.05) is 30.3 Å². The summed E-state index contributed by atoms with van der Waals surface area (Å²) in [5, 5.41) is 0. The van der Waals surface area contributed by atoms with Crippen molar-refractivity contribution in [3.63, 3.8) is 0 Å². The van der Waals surface area contributed by atoms with E-state index < -0.39 is 11.6 Å². The number of ether oxygens (including phenoxy) is 3. The monoisotopic (exact) mass is 430 g/mol. The van der Waals surface area contributed by atoms with Gasteiger partial charge >= 0.3 is 5.97 Å². The second-order valence-corrected chi connectivity index (χ2v) is 7.95. The first-order valence-corrected chi connectivity index (χ1v) is 10.8. The van der Waals surface area contributed by atoms with Crippen molar-refractivity contribution in [3.8, 4) is 22.6 Å². The van der Waals surface area contributed by atoms with Crippen molar-refractivity contribution in [3.05, 3.63) is 90.5 Å². The predicted octanol–water partition coefficient (Wildman–Crippen LogP) is 6.56. The molecule has 0 aliphatic heterocycles. The lowest BCUT2D eigenvalue weighted by Crippen LogP contribution is -2.39. The van der Waals surface area contributed by atoms with Crippen molar-refractivity contribution < 1.29 is 19.0 Å². The molecule has 3 aromatic carbocycles. The highest BCUT2D eigenvalue weighted by molar-refractivity contribution is 5.79. The van der Waals surface area contributed by atoms with Crippen molar-refractivity contribution >= 4 is 11.5 Å². The summed E-state index contributed by atoms with van der Waals surface area (Å²) in [7, 11) is 0. The van der Waals surface area contributed by atoms with Crippen molar-refractivity contribution in [1.29, 1.82) is 0 Å². The third kappa shape index (κ3) is 6.24. The molecule has 0 bridgehead atoms. The van der Waals surface area contributed by atoms with Crippen LogP contribution in [0.5, 0.6) is 11.5 Å². The maximum absolute atomic E-state index is 12.0. The molecule has 3 aromatic rings. The summed E-state index contributed by atoms with van der Waals surface area (Å²) in [5.74, 6) is 0.924. The summed E-state index contributed by atoms with van der Waals surface area (Å²) < 4.78 is 16.7. The number of rotatable bonds is 9. The highest BCUT2D eigenvalue weighted by Gasteiger charge is 2.31. The van der Waals surface area contributed by atoms with Gasteiger partial charge in [0, 0.05) is 0 Å². The highest BCUT2D eigenvalue weighted by Crippen LogP contribution is 2.24. The molecule has 4 heteroatoms. The van der Waals surface area contributed by atoms with Crippen LogP contribution in [0.15, 0.2) is 84.9 Å². The highest BCUT2D eigenvalue weighted by atomic mass is 16.6. The lowest BCUT2D eigenvalue weighted by atomic mass is 10.0. The Morgan fingerprint density at radius 3 is 2.06 bits per heavy atom. The number of benzene rings is 3. The van der Waals surface area contributed by atoms with Gasteiger partial charge in [0.25, 0.3) is 0 Å². The van der Waals surface area contributed by atoms with E-state index in [9.17, 15) is 4.79 Å². The molecule has 0 heterocycles. The second-order valence-electron chi connectivity index (χ2n) is 7.95. The molecular weight excluding hydrogens is 400 g/mol. The van der Waals surface area contributed by atoms with Crippen LogP contribution < -0.4 is 9.47 Å². The van der Waals surface area contributed by atoms with Crippen molar-refractivity contribution in [2.45, 2.75) is 33.3 Å². The van der Waals surface area contributed by atoms with E-state index in [1.165, 1.54) is 16.7 Å². The quantitative estimate of drug-likeness (QED) is 0.361. The molecule has 0 N–H and O–H groups in total. The number of hydrogen-bond acceptors (Lipinski definition) is 4. The summed E-state index contributed by atoms with van der Waals surface area (Å²) in [4.78, 5) is 12.0. The minimum atomic E-state index is -1.05. The average molecular weight is 431 g/mol. The SMILES string of the molecule is CCOC(=O)C(C)(C)Oc1ccc(OCC=C(C)c2ccc(-c3ccccc3)cc2)cc1. The van der Waals surface area contributed by atoms with Gasteiger partial charge in [-0.15, -0.1) is 0 Å². The summed E-state index contributed by atoms with van der Waals surface area (Å²) in [6, 6.07) is 26.1. The number of carbonyl (C=O) groups is 1. The topological polar surface area (TPSA) is 44.8 Å². The Morgan fingerprint density at radius 1 is 0.844 bits per heavy atom. The third-order valence-corrected chi connectivity index (χ3v) is 5.05. The first kappa shape index (κ1) is 23.1. The first-order valence-electron chi connectivity index (χ1n) is 10.8. The van der Waals surface area contributed by atoms with Crippen LogP contribution in [0.25, 0.3) is 16.7 Å². The zero-order valence-electron chi connectivity index (χ0n) is 19.1. The predicted molar refractivity (Wildman–Crippen MR) is 129 cm³/mol. The van der Waals surface area contributed by atoms with E-state index in [4.69, 9.17) is 14.2 Å². The molecule has 3 rings (SSSR count). The molecule has 0 radical (unpaired) electrons. The van der Waals surface area contributed by atoms with Gasteiger partial charge < -0.3 is 14.2 Å². The van der Waals surface area contributed by atoms with E-state index in [0.29, 0.717) is 19.0 Å². The summed E-state index contributed by atoms with van der Waals surface area (Å²) in [5.41, 5.74) is 3.68. The standard InChI is InChI=1S/C28H30O4/c1-5-30-27(29)28(3,4)32-26-17-15-25(16-18-26)31-20-19-21(2)22-11-13-24(14-12-22)23-9-7-6-8-10-23/h6-19H,5,20H2,1-4H3. The molecule has 0 fully saturated rings. The Labute approximate surface area is 190 Å². The largest absolute Gasteiger partial charge is 0.490 e. The smallest absolute Gasteiger partial charge is 0.349 e. The Hall–Kier alpha value is -3.53. The number of hydrogen-bond donors (Lipinski definition) is 0. The molecule has 4 nitrogen and oxygen atoms in total. The first-order chi connectivity index (χ1) is 15.4. The van der Waals surface area contributed by atoms with Crippen LogP contribution in [0.4, 0.5) is 0 Å². The summed E-state index contributed by atoms with van der Waals surface area (Å²) >= 11 is 0. The van der Waals surface area contributed by atoms with Gasteiger partial charge in [0.15, 0.2) is 5.60 Å². The van der Waals surface area contributed by atoms with Crippen LogP contribution in [0.3, 0.4) is 0 Å². The van der Waals surface area contributed by atoms with E-state index in [1.54, 1.807) is 32.9 Å². The van der Waals surface area contributed by atoms with Gasteiger partial charge in [0.2, 0.25) is 0 Å². The van der Waals surface area contributed by atoms with Crippen LogP contribution in [-0.4, -0.2) is 24.8 Å². The normalized spacial score (nSPS) is 11.7. The van der Waals surface area contributed by atoms with Gasteiger partial charge in [-0.25, -0.2) is 4.79 Å². The Kier molecular flexibility index (Phi) is 7.72. The summed E-state index contributed by atoms with van der Waals surface area (Å²) in [6.07, 6.45) is 2.06. The van der Waals surface area contributed by atoms with Crippen LogP contribution in [-0.2, 0) is 9.53 Å². The lowest BCUT2D eigenvalue weighted by Gasteiger charge is -2.24. The fraction of sp³-hybridized carbons (Fsp3) is 0.250. The third-order valence-electron chi connectivity index (χ3n) is 5.05. The zero-order valence-corrected chi connectivity index (χ0v) is 19.1. The van der Waals surface area contributed by atoms with E-state index in [-0.39, 0.29) is 0 Å². The molecule has 0 unspecified atom stereocenters. The molecule has 0 aliphatic carbocycles. The van der Waals surface area contributed by atoms with E-state index in [0.717, 1.165) is 11.3 Å². The maximum Gasteiger partial charge on any atom is 0.349 e. The number of allylic oxidation sites excluding steroid dienone is 1. The maximum atomic E-state index is 12.0. The molecule has 0 amide bonds. The van der Waals surface area contributed by atoms with Gasteiger partial charge in [-0.3, -0.25) is 0 Å². The molecule has 0 aliphatic rings. The summed E-state index contributed by atoms with van der Waals surface area (Å²) in [6.45, 7) is 8.01. The lowest BCUT2D eigenvalue weighted by molar-refractivity contribution is -0.158. The molecular formula is C28H30O4.